The Labute approximate surface area is 195 Å². The number of hydrogen-bond donors (Lipinski definition) is 1. The van der Waals surface area contributed by atoms with Crippen LogP contribution in [0, 0.1) is 0 Å². The minimum atomic E-state index is -3.49. The fourth-order valence-corrected chi connectivity index (χ4v) is 5.90. The van der Waals surface area contributed by atoms with Gasteiger partial charge in [0.25, 0.3) is 0 Å². The van der Waals surface area contributed by atoms with Crippen LogP contribution in [-0.2, 0) is 34.2 Å². The number of sulfonamides is 1. The molecule has 0 aliphatic carbocycles. The summed E-state index contributed by atoms with van der Waals surface area (Å²) in [6, 6.07) is 15.3. The lowest BCUT2D eigenvalue weighted by Gasteiger charge is -2.15. The summed E-state index contributed by atoms with van der Waals surface area (Å²) >= 11 is 0. The van der Waals surface area contributed by atoms with Crippen LogP contribution in [-0.4, -0.2) is 47.8 Å². The zero-order valence-electron chi connectivity index (χ0n) is 19.2. The first-order valence-corrected chi connectivity index (χ1v) is 13.2. The van der Waals surface area contributed by atoms with Crippen LogP contribution in [0.25, 0.3) is 11.0 Å². The number of fused-ring (bicyclic) bond motifs is 1. The third-order valence-corrected chi connectivity index (χ3v) is 8.00. The molecule has 0 bridgehead atoms. The van der Waals surface area contributed by atoms with Gasteiger partial charge in [-0.1, -0.05) is 37.3 Å². The van der Waals surface area contributed by atoms with Crippen LogP contribution in [0.15, 0.2) is 53.4 Å². The Hall–Kier alpha value is -2.71. The average molecular weight is 469 g/mol. The van der Waals surface area contributed by atoms with Crippen molar-refractivity contribution in [3.8, 4) is 0 Å². The maximum atomic E-state index is 13.0. The minimum absolute atomic E-state index is 0.00154. The van der Waals surface area contributed by atoms with Crippen molar-refractivity contribution in [2.75, 3.05) is 19.6 Å². The number of nitrogens with one attached hydrogen (secondary N) is 1. The molecule has 1 aliphatic rings. The van der Waals surface area contributed by atoms with Crippen molar-refractivity contribution >= 4 is 27.0 Å². The highest BCUT2D eigenvalue weighted by Crippen LogP contribution is 2.25. The molecule has 1 aromatic heterocycles. The number of hydrogen-bond acceptors (Lipinski definition) is 4. The summed E-state index contributed by atoms with van der Waals surface area (Å²) in [5.41, 5.74) is 2.78. The molecule has 1 fully saturated rings. The molecule has 2 aromatic carbocycles. The number of nitrogens with zero attached hydrogens (tertiary/aromatic N) is 3. The molecule has 7 nitrogen and oxygen atoms in total. The van der Waals surface area contributed by atoms with Crippen LogP contribution < -0.4 is 5.32 Å². The van der Waals surface area contributed by atoms with E-state index in [0.717, 1.165) is 43.6 Å². The lowest BCUT2D eigenvalue weighted by atomic mass is 10.1. The van der Waals surface area contributed by atoms with Gasteiger partial charge in [-0.25, -0.2) is 13.4 Å². The number of carbonyl (C=O) groups excluding carboxylic acids is 1. The Balaban J connectivity index is 1.45. The van der Waals surface area contributed by atoms with Crippen molar-refractivity contribution in [2.45, 2.75) is 56.9 Å². The van der Waals surface area contributed by atoms with Gasteiger partial charge in [-0.05, 0) is 49.4 Å². The highest BCUT2D eigenvalue weighted by atomic mass is 32.2. The Kier molecular flexibility index (Phi) is 7.45. The zero-order chi connectivity index (χ0) is 23.3. The third kappa shape index (κ3) is 5.45. The molecule has 0 saturated carbocycles. The number of benzene rings is 2. The Morgan fingerprint density at radius 1 is 1.06 bits per heavy atom. The molecule has 0 atom stereocenters. The Morgan fingerprint density at radius 2 is 1.82 bits per heavy atom. The van der Waals surface area contributed by atoms with Gasteiger partial charge in [-0.3, -0.25) is 4.79 Å². The van der Waals surface area contributed by atoms with Crippen LogP contribution >= 0.6 is 0 Å². The fourth-order valence-electron chi connectivity index (χ4n) is 4.37. The van der Waals surface area contributed by atoms with Gasteiger partial charge in [0, 0.05) is 39.0 Å². The molecule has 1 N–H and O–H groups in total. The summed E-state index contributed by atoms with van der Waals surface area (Å²) in [6.45, 7) is 4.63. The summed E-state index contributed by atoms with van der Waals surface area (Å²) < 4.78 is 29.6. The quantitative estimate of drug-likeness (QED) is 0.493. The molecule has 1 amide bonds. The van der Waals surface area contributed by atoms with Gasteiger partial charge in [-0.2, -0.15) is 4.31 Å². The lowest BCUT2D eigenvalue weighted by molar-refractivity contribution is -0.121. The molecule has 2 heterocycles. The Morgan fingerprint density at radius 3 is 2.55 bits per heavy atom. The van der Waals surface area contributed by atoms with Crippen LogP contribution in [0.5, 0.6) is 0 Å². The molecule has 0 spiro atoms. The zero-order valence-corrected chi connectivity index (χ0v) is 20.0. The molecule has 3 aromatic rings. The second-order valence-corrected chi connectivity index (χ2v) is 10.5. The van der Waals surface area contributed by atoms with Crippen molar-refractivity contribution < 1.29 is 13.2 Å². The molecule has 1 saturated heterocycles. The monoisotopic (exact) mass is 468 g/mol. The SMILES string of the molecule is CCCn1c(CCC(=O)NCCc2ccccc2)nc2cc(S(=O)(=O)N3CCCC3)ccc21. The van der Waals surface area contributed by atoms with Gasteiger partial charge >= 0.3 is 0 Å². The van der Waals surface area contributed by atoms with E-state index >= 15 is 0 Å². The highest BCUT2D eigenvalue weighted by molar-refractivity contribution is 7.89. The highest BCUT2D eigenvalue weighted by Gasteiger charge is 2.27. The van der Waals surface area contributed by atoms with E-state index in [1.807, 2.05) is 24.3 Å². The molecule has 4 rings (SSSR count). The number of aryl methyl sites for hydroxylation is 2. The van der Waals surface area contributed by atoms with Crippen molar-refractivity contribution in [3.63, 3.8) is 0 Å². The summed E-state index contributed by atoms with van der Waals surface area (Å²) in [4.78, 5) is 17.4. The van der Waals surface area contributed by atoms with Crippen molar-refractivity contribution in [1.82, 2.24) is 19.2 Å². The summed E-state index contributed by atoms with van der Waals surface area (Å²) in [7, 11) is -3.49. The minimum Gasteiger partial charge on any atom is -0.356 e. The van der Waals surface area contributed by atoms with E-state index in [-0.39, 0.29) is 5.91 Å². The van der Waals surface area contributed by atoms with Crippen LogP contribution in [0.3, 0.4) is 0 Å². The topological polar surface area (TPSA) is 84.3 Å². The van der Waals surface area contributed by atoms with E-state index in [2.05, 4.69) is 28.9 Å². The third-order valence-electron chi connectivity index (χ3n) is 6.10. The molecule has 8 heteroatoms. The summed E-state index contributed by atoms with van der Waals surface area (Å²) in [5.74, 6) is 0.819. The van der Waals surface area contributed by atoms with Gasteiger partial charge in [0.1, 0.15) is 5.82 Å². The second-order valence-electron chi connectivity index (χ2n) is 8.53. The summed E-state index contributed by atoms with van der Waals surface area (Å²) in [6.07, 6.45) is 4.40. The molecular formula is C25H32N4O3S. The number of rotatable bonds is 10. The molecule has 0 unspecified atom stereocenters. The average Bonchev–Trinajstić information content (AvgIpc) is 3.48. The molecule has 0 radical (unpaired) electrons. The maximum absolute atomic E-state index is 13.0. The van der Waals surface area contributed by atoms with Crippen LogP contribution in [0.2, 0.25) is 0 Å². The first-order valence-electron chi connectivity index (χ1n) is 11.8. The van der Waals surface area contributed by atoms with E-state index in [1.54, 1.807) is 16.4 Å². The van der Waals surface area contributed by atoms with Crippen molar-refractivity contribution in [3.05, 3.63) is 59.9 Å². The molecule has 1 aliphatic heterocycles. The molecule has 33 heavy (non-hydrogen) atoms. The van der Waals surface area contributed by atoms with Crippen molar-refractivity contribution in [1.29, 1.82) is 0 Å². The number of aromatic nitrogens is 2. The van der Waals surface area contributed by atoms with Gasteiger partial charge in [0.2, 0.25) is 15.9 Å². The van der Waals surface area contributed by atoms with E-state index in [0.29, 0.717) is 42.9 Å². The number of imidazole rings is 1. The van der Waals surface area contributed by atoms with Crippen LogP contribution in [0.4, 0.5) is 0 Å². The Bertz CT molecular complexity index is 1200. The second kappa shape index (κ2) is 10.5. The van der Waals surface area contributed by atoms with E-state index < -0.39 is 10.0 Å². The predicted octanol–water partition coefficient (Wildman–Crippen LogP) is 3.52. The van der Waals surface area contributed by atoms with E-state index in [1.165, 1.54) is 5.56 Å². The smallest absolute Gasteiger partial charge is 0.243 e. The number of amides is 1. The summed E-state index contributed by atoms with van der Waals surface area (Å²) in [5, 5.41) is 2.99. The first kappa shape index (κ1) is 23.4. The van der Waals surface area contributed by atoms with Crippen molar-refractivity contribution in [2.24, 2.45) is 0 Å². The van der Waals surface area contributed by atoms with E-state index in [4.69, 9.17) is 4.98 Å². The van der Waals surface area contributed by atoms with Gasteiger partial charge in [-0.15, -0.1) is 0 Å². The molecular weight excluding hydrogens is 436 g/mol. The van der Waals surface area contributed by atoms with Gasteiger partial charge in [0.05, 0.1) is 15.9 Å². The predicted molar refractivity (Wildman–Crippen MR) is 129 cm³/mol. The largest absolute Gasteiger partial charge is 0.356 e. The lowest BCUT2D eigenvalue weighted by Crippen LogP contribution is -2.27. The molecule has 176 valence electrons. The fraction of sp³-hybridized carbons (Fsp3) is 0.440. The van der Waals surface area contributed by atoms with E-state index in [9.17, 15) is 13.2 Å². The first-order chi connectivity index (χ1) is 16.0. The standard InChI is InChI=1S/C25H32N4O3S/c1-2-16-29-23-11-10-21(33(31,32)28-17-6-7-18-28)19-22(23)27-24(29)12-13-25(30)26-15-14-20-8-4-3-5-9-20/h3-5,8-11,19H,2,6-7,12-18H2,1H3,(H,26,30). The normalized spacial score (nSPS) is 14.7. The van der Waals surface area contributed by atoms with Crippen LogP contribution in [0.1, 0.15) is 44.0 Å². The van der Waals surface area contributed by atoms with Gasteiger partial charge in [0.15, 0.2) is 0 Å². The van der Waals surface area contributed by atoms with Gasteiger partial charge < -0.3 is 9.88 Å². The number of carbonyl (C=O) groups is 1. The maximum Gasteiger partial charge on any atom is 0.243 e.